The molecule has 1 aliphatic carbocycles. The fraction of sp³-hybridized carbons (Fsp3) is 1.00. The Morgan fingerprint density at radius 2 is 1.50 bits per heavy atom. The lowest BCUT2D eigenvalue weighted by Crippen LogP contribution is -2.38. The van der Waals surface area contributed by atoms with Gasteiger partial charge in [-0.3, -0.25) is 0 Å². The van der Waals surface area contributed by atoms with Crippen molar-refractivity contribution in [2.24, 2.45) is 23.5 Å². The first-order valence-electron chi connectivity index (χ1n) is 4.01. The second kappa shape index (κ2) is 3.29. The van der Waals surface area contributed by atoms with Crippen LogP contribution in [0.25, 0.3) is 0 Å². The van der Waals surface area contributed by atoms with E-state index < -0.39 is 30.1 Å². The van der Waals surface area contributed by atoms with Crippen LogP contribution in [-0.4, -0.2) is 18.9 Å². The SMILES string of the molecule is NCC1CC1C(C(F)(F)F)C(F)(F)F. The van der Waals surface area contributed by atoms with Gasteiger partial charge in [0, 0.05) is 0 Å². The van der Waals surface area contributed by atoms with E-state index in [1.165, 1.54) is 0 Å². The van der Waals surface area contributed by atoms with Gasteiger partial charge in [0.05, 0.1) is 0 Å². The van der Waals surface area contributed by atoms with Crippen LogP contribution in [0.15, 0.2) is 0 Å². The zero-order valence-electron chi connectivity index (χ0n) is 6.99. The van der Waals surface area contributed by atoms with E-state index in [0.29, 0.717) is 0 Å². The number of hydrogen-bond acceptors (Lipinski definition) is 1. The normalized spacial score (nSPS) is 28.3. The molecule has 14 heavy (non-hydrogen) atoms. The van der Waals surface area contributed by atoms with Gasteiger partial charge in [0.2, 0.25) is 0 Å². The zero-order chi connectivity index (χ0) is 11.1. The van der Waals surface area contributed by atoms with Gasteiger partial charge in [0.15, 0.2) is 5.92 Å². The van der Waals surface area contributed by atoms with Gasteiger partial charge in [-0.2, -0.15) is 26.3 Å². The van der Waals surface area contributed by atoms with E-state index >= 15 is 0 Å². The minimum atomic E-state index is -5.22. The Morgan fingerprint density at radius 3 is 1.71 bits per heavy atom. The number of halogens is 6. The molecule has 1 rings (SSSR count). The molecule has 0 heterocycles. The summed E-state index contributed by atoms with van der Waals surface area (Å²) in [5.74, 6) is -5.22. The molecular weight excluding hydrogens is 212 g/mol. The van der Waals surface area contributed by atoms with Crippen LogP contribution in [-0.2, 0) is 0 Å². The zero-order valence-corrected chi connectivity index (χ0v) is 6.99. The lowest BCUT2D eigenvalue weighted by molar-refractivity contribution is -0.291. The van der Waals surface area contributed by atoms with Gasteiger partial charge >= 0.3 is 12.4 Å². The molecule has 84 valence electrons. The van der Waals surface area contributed by atoms with Gasteiger partial charge in [-0.25, -0.2) is 0 Å². The summed E-state index contributed by atoms with van der Waals surface area (Å²) < 4.78 is 72.3. The summed E-state index contributed by atoms with van der Waals surface area (Å²) in [5, 5.41) is 0. The number of hydrogen-bond donors (Lipinski definition) is 1. The molecule has 2 unspecified atom stereocenters. The Balaban J connectivity index is 2.76. The highest BCUT2D eigenvalue weighted by atomic mass is 19.4. The van der Waals surface area contributed by atoms with Crippen molar-refractivity contribution in [1.29, 1.82) is 0 Å². The van der Waals surface area contributed by atoms with Crippen molar-refractivity contribution < 1.29 is 26.3 Å². The van der Waals surface area contributed by atoms with Gasteiger partial charge in [0.1, 0.15) is 0 Å². The maximum absolute atomic E-state index is 12.1. The summed E-state index contributed by atoms with van der Waals surface area (Å²) in [6.07, 6.45) is -10.5. The van der Waals surface area contributed by atoms with Crippen LogP contribution in [0, 0.1) is 17.8 Å². The standard InChI is InChI=1S/C7H9F6N/c8-6(9,10)5(7(11,12)13)4-1-3(4)2-14/h3-5H,1-2,14H2. The number of nitrogens with two attached hydrogens (primary N) is 1. The van der Waals surface area contributed by atoms with Gasteiger partial charge in [-0.15, -0.1) is 0 Å². The second-order valence-electron chi connectivity index (χ2n) is 3.46. The van der Waals surface area contributed by atoms with Crippen LogP contribution in [0.3, 0.4) is 0 Å². The van der Waals surface area contributed by atoms with E-state index in [4.69, 9.17) is 5.73 Å². The molecule has 0 saturated heterocycles. The third kappa shape index (κ3) is 2.31. The van der Waals surface area contributed by atoms with Gasteiger partial charge in [0.25, 0.3) is 0 Å². The van der Waals surface area contributed by atoms with Crippen LogP contribution >= 0.6 is 0 Å². The average Bonchev–Trinajstić information content (AvgIpc) is 2.60. The molecule has 2 atom stereocenters. The van der Waals surface area contributed by atoms with Crippen LogP contribution in [0.1, 0.15) is 6.42 Å². The molecule has 0 aromatic rings. The Labute approximate surface area is 76.3 Å². The topological polar surface area (TPSA) is 26.0 Å². The fourth-order valence-electron chi connectivity index (χ4n) is 1.62. The van der Waals surface area contributed by atoms with Gasteiger partial charge in [-0.1, -0.05) is 0 Å². The highest BCUT2D eigenvalue weighted by Crippen LogP contribution is 2.55. The number of rotatable bonds is 2. The van der Waals surface area contributed by atoms with Crippen molar-refractivity contribution in [3.8, 4) is 0 Å². The summed E-state index contributed by atoms with van der Waals surface area (Å²) in [6.45, 7) is -0.118. The van der Waals surface area contributed by atoms with E-state index in [9.17, 15) is 26.3 Å². The third-order valence-corrected chi connectivity index (χ3v) is 2.41. The Bertz CT molecular complexity index is 193. The maximum Gasteiger partial charge on any atom is 0.400 e. The van der Waals surface area contributed by atoms with Crippen LogP contribution < -0.4 is 5.73 Å². The largest absolute Gasteiger partial charge is 0.400 e. The van der Waals surface area contributed by atoms with Crippen molar-refractivity contribution in [1.82, 2.24) is 0 Å². The minimum absolute atomic E-state index is 0.0831. The summed E-state index contributed by atoms with van der Waals surface area (Å²) in [5.41, 5.74) is 5.01. The first kappa shape index (κ1) is 11.6. The predicted octanol–water partition coefficient (Wildman–Crippen LogP) is 2.32. The van der Waals surface area contributed by atoms with E-state index in [1.807, 2.05) is 0 Å². The fourth-order valence-corrected chi connectivity index (χ4v) is 1.62. The quantitative estimate of drug-likeness (QED) is 0.711. The number of alkyl halides is 6. The molecule has 0 aromatic carbocycles. The Kier molecular flexibility index (Phi) is 2.73. The third-order valence-electron chi connectivity index (χ3n) is 2.41. The van der Waals surface area contributed by atoms with Crippen molar-refractivity contribution in [2.75, 3.05) is 6.54 Å². The van der Waals surface area contributed by atoms with E-state index in [2.05, 4.69) is 0 Å². The van der Waals surface area contributed by atoms with E-state index in [0.717, 1.165) is 0 Å². The Hall–Kier alpha value is -0.460. The van der Waals surface area contributed by atoms with Crippen LogP contribution in [0.5, 0.6) is 0 Å². The van der Waals surface area contributed by atoms with Gasteiger partial charge in [-0.05, 0) is 24.8 Å². The molecule has 0 bridgehead atoms. The van der Waals surface area contributed by atoms with E-state index in [-0.39, 0.29) is 13.0 Å². The predicted molar refractivity (Wildman–Crippen MR) is 36.3 cm³/mol. The minimum Gasteiger partial charge on any atom is -0.330 e. The average molecular weight is 221 g/mol. The van der Waals surface area contributed by atoms with E-state index in [1.54, 1.807) is 0 Å². The van der Waals surface area contributed by atoms with Gasteiger partial charge < -0.3 is 5.73 Å². The summed E-state index contributed by atoms with van der Waals surface area (Å²) in [4.78, 5) is 0. The highest BCUT2D eigenvalue weighted by Gasteiger charge is 2.65. The molecule has 1 saturated carbocycles. The molecule has 1 nitrogen and oxygen atoms in total. The molecule has 0 aliphatic heterocycles. The summed E-state index contributed by atoms with van der Waals surface area (Å²) in [7, 11) is 0. The molecule has 1 fully saturated rings. The summed E-state index contributed by atoms with van der Waals surface area (Å²) >= 11 is 0. The molecule has 0 amide bonds. The lowest BCUT2D eigenvalue weighted by atomic mass is 10.0. The second-order valence-corrected chi connectivity index (χ2v) is 3.46. The molecular formula is C7H9F6N. The smallest absolute Gasteiger partial charge is 0.330 e. The molecule has 7 heteroatoms. The van der Waals surface area contributed by atoms with Crippen LogP contribution in [0.2, 0.25) is 0 Å². The van der Waals surface area contributed by atoms with Crippen molar-refractivity contribution in [3.05, 3.63) is 0 Å². The van der Waals surface area contributed by atoms with Crippen molar-refractivity contribution in [2.45, 2.75) is 18.8 Å². The highest BCUT2D eigenvalue weighted by molar-refractivity contribution is 4.97. The molecule has 2 N–H and O–H groups in total. The summed E-state index contributed by atoms with van der Waals surface area (Å²) in [6, 6.07) is 0. The van der Waals surface area contributed by atoms with Crippen LogP contribution in [0.4, 0.5) is 26.3 Å². The molecule has 1 aliphatic rings. The molecule has 0 spiro atoms. The monoisotopic (exact) mass is 221 g/mol. The van der Waals surface area contributed by atoms with Crippen molar-refractivity contribution >= 4 is 0 Å². The van der Waals surface area contributed by atoms with Crippen molar-refractivity contribution in [3.63, 3.8) is 0 Å². The maximum atomic E-state index is 12.1. The molecule has 0 aromatic heterocycles. The Morgan fingerprint density at radius 1 is 1.07 bits per heavy atom. The molecule has 0 radical (unpaired) electrons. The first-order valence-corrected chi connectivity index (χ1v) is 4.01. The first-order chi connectivity index (χ1) is 6.18. The lowest BCUT2D eigenvalue weighted by Gasteiger charge is -2.22.